The molecule has 0 aromatic rings. The summed E-state index contributed by atoms with van der Waals surface area (Å²) in [5.41, 5.74) is 1.05. The van der Waals surface area contributed by atoms with Crippen LogP contribution in [0.2, 0.25) is 0 Å². The van der Waals surface area contributed by atoms with Crippen molar-refractivity contribution in [1.82, 2.24) is 10.2 Å². The molecule has 0 saturated heterocycles. The summed E-state index contributed by atoms with van der Waals surface area (Å²) < 4.78 is 0. The highest BCUT2D eigenvalue weighted by atomic mass is 16.4. The summed E-state index contributed by atoms with van der Waals surface area (Å²) in [7, 11) is 0. The van der Waals surface area contributed by atoms with Gasteiger partial charge in [0.15, 0.2) is 0 Å². The van der Waals surface area contributed by atoms with Gasteiger partial charge in [-0.25, -0.2) is 14.5 Å². The van der Waals surface area contributed by atoms with Gasteiger partial charge < -0.3 is 10.4 Å². The van der Waals surface area contributed by atoms with Crippen LogP contribution in [0.3, 0.4) is 0 Å². The number of amides is 3. The summed E-state index contributed by atoms with van der Waals surface area (Å²) in [5.74, 6) is 0. The zero-order chi connectivity index (χ0) is 9.30. The lowest BCUT2D eigenvalue weighted by molar-refractivity contribution is 0.162. The third-order valence-corrected chi connectivity index (χ3v) is 1.48. The minimum Gasteiger partial charge on any atom is -0.464 e. The first kappa shape index (κ1) is 8.32. The zero-order valence-corrected chi connectivity index (χ0v) is 6.50. The fourth-order valence-corrected chi connectivity index (χ4v) is 0.760. The summed E-state index contributed by atoms with van der Waals surface area (Å²) in [6, 6.07) is -0.696. The maximum atomic E-state index is 10.9. The monoisotopic (exact) mass is 168 g/mol. The minimum atomic E-state index is -1.31. The Morgan fingerprint density at radius 3 is 2.83 bits per heavy atom. The predicted octanol–water partition coefficient (Wildman–Crippen LogP) is 1.11. The van der Waals surface area contributed by atoms with Gasteiger partial charge in [0.2, 0.25) is 0 Å². The van der Waals surface area contributed by atoms with Gasteiger partial charge in [0.1, 0.15) is 0 Å². The molecule has 1 aliphatic heterocycles. The fraction of sp³-hybridized carbons (Fsp3) is 0.143. The van der Waals surface area contributed by atoms with Gasteiger partial charge in [0, 0.05) is 11.9 Å². The van der Waals surface area contributed by atoms with E-state index in [0.29, 0.717) is 16.2 Å². The van der Waals surface area contributed by atoms with Crippen molar-refractivity contribution in [3.63, 3.8) is 0 Å². The second-order valence-electron chi connectivity index (χ2n) is 2.37. The number of hydrogen-bond donors (Lipinski definition) is 2. The smallest absolute Gasteiger partial charge is 0.419 e. The molecule has 0 saturated carbocycles. The molecule has 0 aromatic carbocycles. The second kappa shape index (κ2) is 2.69. The highest BCUT2D eigenvalue weighted by Crippen LogP contribution is 2.11. The van der Waals surface area contributed by atoms with Crippen LogP contribution in [0.1, 0.15) is 6.92 Å². The van der Waals surface area contributed by atoms with Gasteiger partial charge in [0.25, 0.3) is 0 Å². The number of hydrogen-bond acceptors (Lipinski definition) is 2. The average Bonchev–Trinajstić information content (AvgIpc) is 1.96. The Morgan fingerprint density at radius 2 is 2.33 bits per heavy atom. The number of allylic oxidation sites excluding steroid dienone is 1. The van der Waals surface area contributed by atoms with E-state index in [-0.39, 0.29) is 0 Å². The molecule has 12 heavy (non-hydrogen) atoms. The lowest BCUT2D eigenvalue weighted by Crippen LogP contribution is -2.42. The first-order valence-corrected chi connectivity index (χ1v) is 3.23. The van der Waals surface area contributed by atoms with Crippen molar-refractivity contribution in [3.8, 4) is 0 Å². The van der Waals surface area contributed by atoms with E-state index < -0.39 is 12.1 Å². The number of nitrogens with zero attached hydrogens (tertiary/aromatic N) is 1. The Balaban J connectivity index is 2.98. The normalized spacial score (nSPS) is 17.1. The van der Waals surface area contributed by atoms with E-state index in [4.69, 9.17) is 5.11 Å². The molecule has 1 rings (SSSR count). The number of imide groups is 1. The van der Waals surface area contributed by atoms with Gasteiger partial charge in [-0.1, -0.05) is 6.58 Å². The summed E-state index contributed by atoms with van der Waals surface area (Å²) >= 11 is 0. The van der Waals surface area contributed by atoms with Gasteiger partial charge in [-0.2, -0.15) is 0 Å². The van der Waals surface area contributed by atoms with Crippen LogP contribution in [-0.2, 0) is 0 Å². The third-order valence-electron chi connectivity index (χ3n) is 1.48. The molecule has 1 heterocycles. The summed E-state index contributed by atoms with van der Waals surface area (Å²) in [4.78, 5) is 21.9. The largest absolute Gasteiger partial charge is 0.464 e. The van der Waals surface area contributed by atoms with Crippen molar-refractivity contribution < 1.29 is 14.7 Å². The van der Waals surface area contributed by atoms with Gasteiger partial charge in [-0.15, -0.1) is 0 Å². The molecule has 0 bridgehead atoms. The Labute approximate surface area is 69.0 Å². The van der Waals surface area contributed by atoms with Crippen molar-refractivity contribution >= 4 is 12.1 Å². The van der Waals surface area contributed by atoms with Crippen LogP contribution in [0.25, 0.3) is 0 Å². The van der Waals surface area contributed by atoms with Crippen molar-refractivity contribution in [2.24, 2.45) is 0 Å². The first-order chi connectivity index (χ1) is 5.52. The van der Waals surface area contributed by atoms with Crippen LogP contribution in [0.15, 0.2) is 24.0 Å². The molecule has 64 valence electrons. The molecule has 0 atom stereocenters. The lowest BCUT2D eigenvalue weighted by Gasteiger charge is -2.21. The van der Waals surface area contributed by atoms with E-state index in [1.807, 2.05) is 0 Å². The van der Waals surface area contributed by atoms with Crippen LogP contribution in [-0.4, -0.2) is 22.1 Å². The maximum absolute atomic E-state index is 10.9. The number of urea groups is 1. The molecule has 0 fully saturated rings. The molecule has 0 radical (unpaired) electrons. The molecule has 3 amide bonds. The Morgan fingerprint density at radius 1 is 1.75 bits per heavy atom. The Hall–Kier alpha value is -1.78. The Kier molecular flexibility index (Phi) is 1.86. The standard InChI is InChI=1S/C7H8N2O3/c1-4-3-9(7(11)12)6(10)8-5(4)2/h3H,2H2,1H3,(H,8,10)(H,11,12). The summed E-state index contributed by atoms with van der Waals surface area (Å²) in [5, 5.41) is 10.8. The molecule has 1 aliphatic rings. The van der Waals surface area contributed by atoms with Crippen LogP contribution < -0.4 is 5.32 Å². The molecule has 0 aliphatic carbocycles. The van der Waals surface area contributed by atoms with E-state index in [0.717, 1.165) is 0 Å². The number of carbonyl (C=O) groups excluding carboxylic acids is 1. The van der Waals surface area contributed by atoms with Gasteiger partial charge >= 0.3 is 12.1 Å². The van der Waals surface area contributed by atoms with E-state index in [1.54, 1.807) is 6.92 Å². The van der Waals surface area contributed by atoms with Crippen molar-refractivity contribution in [3.05, 3.63) is 24.0 Å². The highest BCUT2D eigenvalue weighted by Gasteiger charge is 2.23. The molecular formula is C7H8N2O3. The van der Waals surface area contributed by atoms with Crippen molar-refractivity contribution in [2.75, 3.05) is 0 Å². The third kappa shape index (κ3) is 1.29. The molecular weight excluding hydrogens is 160 g/mol. The van der Waals surface area contributed by atoms with Gasteiger partial charge in [-0.3, -0.25) is 0 Å². The molecule has 2 N–H and O–H groups in total. The SMILES string of the molecule is C=C1NC(=O)N(C(=O)O)C=C1C. The highest BCUT2D eigenvalue weighted by molar-refractivity contribution is 5.93. The predicted molar refractivity (Wildman–Crippen MR) is 41.3 cm³/mol. The van der Waals surface area contributed by atoms with Crippen LogP contribution in [0.5, 0.6) is 0 Å². The van der Waals surface area contributed by atoms with Crippen molar-refractivity contribution in [2.45, 2.75) is 6.92 Å². The maximum Gasteiger partial charge on any atom is 0.419 e. The second-order valence-corrected chi connectivity index (χ2v) is 2.37. The number of nitrogens with one attached hydrogen (secondary N) is 1. The molecule has 0 aromatic heterocycles. The molecule has 0 spiro atoms. The van der Waals surface area contributed by atoms with E-state index in [1.165, 1.54) is 6.20 Å². The average molecular weight is 168 g/mol. The Bertz CT molecular complexity index is 293. The fourth-order valence-electron chi connectivity index (χ4n) is 0.760. The lowest BCUT2D eigenvalue weighted by atomic mass is 10.2. The van der Waals surface area contributed by atoms with E-state index in [2.05, 4.69) is 11.9 Å². The molecule has 5 nitrogen and oxygen atoms in total. The topological polar surface area (TPSA) is 69.6 Å². The van der Waals surface area contributed by atoms with Crippen LogP contribution in [0, 0.1) is 0 Å². The minimum absolute atomic E-state index is 0.428. The number of carboxylic acid groups (broad SMARTS) is 1. The quantitative estimate of drug-likeness (QED) is 0.569. The zero-order valence-electron chi connectivity index (χ0n) is 6.50. The first-order valence-electron chi connectivity index (χ1n) is 3.23. The van der Waals surface area contributed by atoms with Crippen molar-refractivity contribution in [1.29, 1.82) is 0 Å². The van der Waals surface area contributed by atoms with Crippen LogP contribution >= 0.6 is 0 Å². The van der Waals surface area contributed by atoms with E-state index in [9.17, 15) is 9.59 Å². The number of rotatable bonds is 0. The summed E-state index contributed by atoms with van der Waals surface area (Å²) in [6.07, 6.45) is -0.0805. The molecule has 5 heteroatoms. The van der Waals surface area contributed by atoms with Gasteiger partial charge in [0.05, 0.1) is 0 Å². The summed E-state index contributed by atoms with van der Waals surface area (Å²) in [6.45, 7) is 5.18. The van der Waals surface area contributed by atoms with Gasteiger partial charge in [-0.05, 0) is 12.5 Å². The molecule has 0 unspecified atom stereocenters. The van der Waals surface area contributed by atoms with Crippen LogP contribution in [0.4, 0.5) is 9.59 Å². The number of carbonyl (C=O) groups is 2. The van der Waals surface area contributed by atoms with E-state index >= 15 is 0 Å².